The van der Waals surface area contributed by atoms with Crippen LogP contribution >= 0.6 is 0 Å². The summed E-state index contributed by atoms with van der Waals surface area (Å²) in [5.74, 6) is -0.332. The Balaban J connectivity index is 2.62. The average Bonchev–Trinajstić information content (AvgIpc) is 2.17. The maximum absolute atomic E-state index is 10.9. The average molecular weight is 204 g/mol. The number of esters is 1. The Morgan fingerprint density at radius 3 is 2.07 bits per heavy atom. The maximum Gasteiger partial charge on any atom is 0.303 e. The highest BCUT2D eigenvalue weighted by atomic mass is 16.6. The van der Waals surface area contributed by atoms with Gasteiger partial charge in [0, 0.05) is 21.1 Å². The lowest BCUT2D eigenvalue weighted by Gasteiger charge is -2.35. The molecule has 1 fully saturated rings. The van der Waals surface area contributed by atoms with Crippen LogP contribution in [0.25, 0.3) is 0 Å². The second kappa shape index (κ2) is 5.29. The Morgan fingerprint density at radius 1 is 1.21 bits per heavy atom. The van der Waals surface area contributed by atoms with E-state index >= 15 is 0 Å². The number of methoxy groups -OCH3 is 2. The smallest absolute Gasteiger partial charge is 0.303 e. The van der Waals surface area contributed by atoms with Crippen LogP contribution < -0.4 is 0 Å². The van der Waals surface area contributed by atoms with Gasteiger partial charge in [-0.25, -0.2) is 0 Å². The minimum Gasteiger partial charge on any atom is -0.457 e. The van der Waals surface area contributed by atoms with Crippen molar-refractivity contribution in [1.82, 2.24) is 0 Å². The lowest BCUT2D eigenvalue weighted by atomic mass is 10.1. The zero-order chi connectivity index (χ0) is 10.6. The number of carbonyl (C=O) groups excluding carboxylic acids is 1. The van der Waals surface area contributed by atoms with Crippen molar-refractivity contribution in [3.8, 4) is 0 Å². The van der Waals surface area contributed by atoms with Crippen LogP contribution in [0.4, 0.5) is 0 Å². The second-order valence-electron chi connectivity index (χ2n) is 3.16. The van der Waals surface area contributed by atoms with E-state index in [2.05, 4.69) is 0 Å². The fourth-order valence-corrected chi connectivity index (χ4v) is 1.48. The Kier molecular flexibility index (Phi) is 4.31. The first kappa shape index (κ1) is 11.4. The van der Waals surface area contributed by atoms with Crippen molar-refractivity contribution < 1.29 is 23.7 Å². The summed E-state index contributed by atoms with van der Waals surface area (Å²) in [5, 5.41) is 0. The Bertz CT molecular complexity index is 182. The van der Waals surface area contributed by atoms with Gasteiger partial charge in [0.15, 0.2) is 6.10 Å². The fourth-order valence-electron chi connectivity index (χ4n) is 1.48. The predicted molar refractivity (Wildman–Crippen MR) is 48.0 cm³/mol. The van der Waals surface area contributed by atoms with Crippen LogP contribution in [0.5, 0.6) is 0 Å². The summed E-state index contributed by atoms with van der Waals surface area (Å²) in [4.78, 5) is 10.9. The van der Waals surface area contributed by atoms with Gasteiger partial charge in [-0.3, -0.25) is 4.79 Å². The molecule has 1 aliphatic heterocycles. The van der Waals surface area contributed by atoms with Crippen LogP contribution in [0.2, 0.25) is 0 Å². The van der Waals surface area contributed by atoms with Crippen molar-refractivity contribution in [1.29, 1.82) is 0 Å². The lowest BCUT2D eigenvalue weighted by Crippen LogP contribution is -2.51. The topological polar surface area (TPSA) is 54.0 Å². The highest BCUT2D eigenvalue weighted by Gasteiger charge is 2.36. The SMILES string of the molecule is CO[C@H]1COC[C@@H](OC)C1OC(C)=O. The molecular weight excluding hydrogens is 188 g/mol. The molecule has 1 aliphatic rings. The molecule has 0 N–H and O–H groups in total. The van der Waals surface area contributed by atoms with E-state index in [0.29, 0.717) is 13.2 Å². The summed E-state index contributed by atoms with van der Waals surface area (Å²) < 4.78 is 20.7. The molecule has 5 nitrogen and oxygen atoms in total. The Hall–Kier alpha value is -0.650. The molecule has 5 heteroatoms. The van der Waals surface area contributed by atoms with E-state index in [9.17, 15) is 4.79 Å². The minimum atomic E-state index is -0.378. The molecule has 0 spiro atoms. The lowest BCUT2D eigenvalue weighted by molar-refractivity contribution is -0.196. The van der Waals surface area contributed by atoms with Gasteiger partial charge < -0.3 is 18.9 Å². The Labute approximate surface area is 83.3 Å². The molecule has 1 unspecified atom stereocenters. The molecule has 0 radical (unpaired) electrons. The van der Waals surface area contributed by atoms with E-state index in [0.717, 1.165) is 0 Å². The molecule has 0 aliphatic carbocycles. The number of ether oxygens (including phenoxy) is 4. The van der Waals surface area contributed by atoms with E-state index in [1.165, 1.54) is 6.92 Å². The quantitative estimate of drug-likeness (QED) is 0.605. The summed E-state index contributed by atoms with van der Waals surface area (Å²) in [6, 6.07) is 0. The van der Waals surface area contributed by atoms with Crippen LogP contribution in [-0.4, -0.2) is 51.7 Å². The monoisotopic (exact) mass is 204 g/mol. The molecule has 0 aromatic heterocycles. The van der Waals surface area contributed by atoms with Gasteiger partial charge in [-0.1, -0.05) is 0 Å². The minimum absolute atomic E-state index is 0.252. The molecule has 1 saturated heterocycles. The van der Waals surface area contributed by atoms with Crippen molar-refractivity contribution in [2.24, 2.45) is 0 Å². The fraction of sp³-hybridized carbons (Fsp3) is 0.889. The molecule has 0 amide bonds. The third kappa shape index (κ3) is 2.67. The molecule has 0 aromatic rings. The van der Waals surface area contributed by atoms with Crippen LogP contribution in [0.15, 0.2) is 0 Å². The van der Waals surface area contributed by atoms with Crippen molar-refractivity contribution in [3.63, 3.8) is 0 Å². The van der Waals surface area contributed by atoms with Crippen LogP contribution in [0, 0.1) is 0 Å². The normalized spacial score (nSPS) is 32.6. The van der Waals surface area contributed by atoms with Gasteiger partial charge in [0.05, 0.1) is 13.2 Å². The molecule has 14 heavy (non-hydrogen) atoms. The van der Waals surface area contributed by atoms with Gasteiger partial charge in [-0.15, -0.1) is 0 Å². The highest BCUT2D eigenvalue weighted by molar-refractivity contribution is 5.66. The van der Waals surface area contributed by atoms with E-state index < -0.39 is 0 Å². The van der Waals surface area contributed by atoms with Crippen LogP contribution in [-0.2, 0) is 23.7 Å². The van der Waals surface area contributed by atoms with E-state index in [4.69, 9.17) is 18.9 Å². The van der Waals surface area contributed by atoms with Gasteiger partial charge in [0.25, 0.3) is 0 Å². The molecule has 1 heterocycles. The summed E-state index contributed by atoms with van der Waals surface area (Å²) in [6.07, 6.45) is -0.883. The van der Waals surface area contributed by atoms with Crippen LogP contribution in [0.3, 0.4) is 0 Å². The van der Waals surface area contributed by atoms with Crippen molar-refractivity contribution >= 4 is 5.97 Å². The molecule has 0 aromatic carbocycles. The van der Waals surface area contributed by atoms with Gasteiger partial charge in [-0.05, 0) is 0 Å². The van der Waals surface area contributed by atoms with Crippen molar-refractivity contribution in [2.45, 2.75) is 25.2 Å². The zero-order valence-corrected chi connectivity index (χ0v) is 8.69. The van der Waals surface area contributed by atoms with Gasteiger partial charge in [-0.2, -0.15) is 0 Å². The number of hydrogen-bond acceptors (Lipinski definition) is 5. The van der Waals surface area contributed by atoms with Gasteiger partial charge >= 0.3 is 5.97 Å². The maximum atomic E-state index is 10.9. The van der Waals surface area contributed by atoms with E-state index in [1.54, 1.807) is 14.2 Å². The third-order valence-electron chi connectivity index (χ3n) is 2.20. The predicted octanol–water partition coefficient (Wildman–Crippen LogP) is -0.0217. The van der Waals surface area contributed by atoms with E-state index in [-0.39, 0.29) is 24.3 Å². The zero-order valence-electron chi connectivity index (χ0n) is 8.69. The molecule has 0 saturated carbocycles. The summed E-state index contributed by atoms with van der Waals surface area (Å²) in [5.41, 5.74) is 0. The number of hydrogen-bond donors (Lipinski definition) is 0. The highest BCUT2D eigenvalue weighted by Crippen LogP contribution is 2.17. The van der Waals surface area contributed by atoms with Crippen LogP contribution in [0.1, 0.15) is 6.92 Å². The molecule has 3 atom stereocenters. The van der Waals surface area contributed by atoms with Crippen molar-refractivity contribution in [2.75, 3.05) is 27.4 Å². The number of carbonyl (C=O) groups is 1. The standard InChI is InChI=1S/C9H16O5/c1-6(10)14-9-7(11-2)4-13-5-8(9)12-3/h7-9H,4-5H2,1-3H3/t7-,8+,9?. The Morgan fingerprint density at radius 2 is 1.71 bits per heavy atom. The largest absolute Gasteiger partial charge is 0.457 e. The molecular formula is C9H16O5. The molecule has 0 bridgehead atoms. The summed E-state index contributed by atoms with van der Waals surface area (Å²) >= 11 is 0. The second-order valence-corrected chi connectivity index (χ2v) is 3.16. The first-order valence-corrected chi connectivity index (χ1v) is 4.49. The summed E-state index contributed by atoms with van der Waals surface area (Å²) in [6.45, 7) is 2.22. The van der Waals surface area contributed by atoms with Crippen molar-refractivity contribution in [3.05, 3.63) is 0 Å². The van der Waals surface area contributed by atoms with Gasteiger partial charge in [0.2, 0.25) is 0 Å². The first-order chi connectivity index (χ1) is 6.69. The molecule has 82 valence electrons. The first-order valence-electron chi connectivity index (χ1n) is 4.49. The number of rotatable bonds is 3. The van der Waals surface area contributed by atoms with Gasteiger partial charge in [0.1, 0.15) is 12.2 Å². The third-order valence-corrected chi connectivity index (χ3v) is 2.20. The summed E-state index contributed by atoms with van der Waals surface area (Å²) in [7, 11) is 3.12. The van der Waals surface area contributed by atoms with E-state index in [1.807, 2.05) is 0 Å². The molecule has 1 rings (SSSR count).